The van der Waals surface area contributed by atoms with Gasteiger partial charge in [-0.3, -0.25) is 0 Å². The number of nitrogens with zero attached hydrogens (tertiary/aromatic N) is 1. The summed E-state index contributed by atoms with van der Waals surface area (Å²) in [4.78, 5) is 23.5. The number of hydrogen-bond acceptors (Lipinski definition) is 6. The highest BCUT2D eigenvalue weighted by Gasteiger charge is 2.12. The Labute approximate surface area is 155 Å². The van der Waals surface area contributed by atoms with Crippen LogP contribution in [0.25, 0.3) is 6.08 Å². The maximum absolute atomic E-state index is 14.1. The minimum absolute atomic E-state index is 0.00567. The molecule has 0 fully saturated rings. The van der Waals surface area contributed by atoms with Gasteiger partial charge in [0, 0.05) is 6.08 Å². The molecule has 27 heavy (non-hydrogen) atoms. The molecule has 0 N–H and O–H groups in total. The van der Waals surface area contributed by atoms with Crippen LogP contribution in [0.2, 0.25) is 0 Å². The van der Waals surface area contributed by atoms with Gasteiger partial charge in [0.25, 0.3) is 0 Å². The molecule has 2 aromatic rings. The van der Waals surface area contributed by atoms with Crippen LogP contribution in [0.4, 0.5) is 4.39 Å². The van der Waals surface area contributed by atoms with Gasteiger partial charge in [0.15, 0.2) is 11.6 Å². The predicted octanol–water partition coefficient (Wildman–Crippen LogP) is 3.52. The molecule has 0 unspecified atom stereocenters. The van der Waals surface area contributed by atoms with Crippen LogP contribution in [-0.2, 0) is 9.53 Å². The number of carbonyl (C=O) groups excluding carboxylic acids is 2. The van der Waals surface area contributed by atoms with Gasteiger partial charge < -0.3 is 14.2 Å². The molecule has 0 atom stereocenters. The van der Waals surface area contributed by atoms with Crippen molar-refractivity contribution in [3.8, 4) is 17.6 Å². The van der Waals surface area contributed by atoms with Gasteiger partial charge in [-0.1, -0.05) is 6.07 Å². The highest BCUT2D eigenvalue weighted by molar-refractivity contribution is 5.91. The van der Waals surface area contributed by atoms with Crippen LogP contribution >= 0.6 is 0 Å². The molecule has 0 saturated heterocycles. The van der Waals surface area contributed by atoms with E-state index in [0.29, 0.717) is 11.3 Å². The van der Waals surface area contributed by atoms with Gasteiger partial charge in [-0.25, -0.2) is 14.0 Å². The molecule has 6 nitrogen and oxygen atoms in total. The van der Waals surface area contributed by atoms with E-state index >= 15 is 0 Å². The molecule has 0 amide bonds. The molecule has 0 aliphatic rings. The van der Waals surface area contributed by atoms with Crippen LogP contribution in [0.15, 0.2) is 48.5 Å². The third-order valence-electron chi connectivity index (χ3n) is 3.35. The largest absolute Gasteiger partial charge is 0.497 e. The smallest absolute Gasteiger partial charge is 0.343 e. The number of methoxy groups -OCH3 is 1. The molecular formula is C20H16FNO5. The van der Waals surface area contributed by atoms with Gasteiger partial charge in [0.2, 0.25) is 0 Å². The van der Waals surface area contributed by atoms with Crippen LogP contribution in [0.1, 0.15) is 22.3 Å². The molecular weight excluding hydrogens is 353 g/mol. The van der Waals surface area contributed by atoms with Gasteiger partial charge in [0.05, 0.1) is 25.2 Å². The van der Waals surface area contributed by atoms with E-state index in [9.17, 15) is 14.0 Å². The Morgan fingerprint density at radius 3 is 2.56 bits per heavy atom. The average molecular weight is 369 g/mol. The lowest BCUT2D eigenvalue weighted by Gasteiger charge is -2.07. The zero-order valence-electron chi connectivity index (χ0n) is 14.5. The lowest BCUT2D eigenvalue weighted by atomic mass is 10.2. The summed E-state index contributed by atoms with van der Waals surface area (Å²) >= 11 is 0. The van der Waals surface area contributed by atoms with E-state index < -0.39 is 17.8 Å². The molecule has 0 saturated carbocycles. The number of rotatable bonds is 7. The number of hydrogen-bond donors (Lipinski definition) is 0. The minimum Gasteiger partial charge on any atom is -0.497 e. The molecule has 0 aliphatic carbocycles. The summed E-state index contributed by atoms with van der Waals surface area (Å²) in [6.45, 7) is -0.00567. The Kier molecular flexibility index (Phi) is 7.08. The van der Waals surface area contributed by atoms with Gasteiger partial charge >= 0.3 is 11.9 Å². The standard InChI is InChI=1S/C20H16FNO5/c1-25-16-7-5-15(6-8-16)20(24)27-18-9-3-14(13-17(18)21)4-10-19(23)26-12-2-11-22/h3-10,13H,2,12H2,1H3/b10-4+. The van der Waals surface area contributed by atoms with Crippen molar-refractivity contribution in [2.45, 2.75) is 6.42 Å². The van der Waals surface area contributed by atoms with Crippen molar-refractivity contribution in [3.63, 3.8) is 0 Å². The summed E-state index contributed by atoms with van der Waals surface area (Å²) < 4.78 is 28.9. The number of ether oxygens (including phenoxy) is 3. The number of halogens is 1. The Balaban J connectivity index is 2.00. The van der Waals surface area contributed by atoms with E-state index in [1.165, 1.54) is 37.5 Å². The van der Waals surface area contributed by atoms with Crippen molar-refractivity contribution in [2.24, 2.45) is 0 Å². The van der Waals surface area contributed by atoms with Crippen molar-refractivity contribution >= 4 is 18.0 Å². The first-order valence-corrected chi connectivity index (χ1v) is 7.91. The highest BCUT2D eigenvalue weighted by atomic mass is 19.1. The van der Waals surface area contributed by atoms with Gasteiger partial charge in [-0.15, -0.1) is 0 Å². The number of nitriles is 1. The minimum atomic E-state index is -0.753. The van der Waals surface area contributed by atoms with Crippen LogP contribution in [-0.4, -0.2) is 25.7 Å². The second kappa shape index (κ2) is 9.73. The Morgan fingerprint density at radius 2 is 1.93 bits per heavy atom. The summed E-state index contributed by atoms with van der Waals surface area (Å²) in [7, 11) is 1.50. The van der Waals surface area contributed by atoms with Gasteiger partial charge in [-0.05, 0) is 48.0 Å². The Hall–Kier alpha value is -3.66. The lowest BCUT2D eigenvalue weighted by molar-refractivity contribution is -0.137. The molecule has 0 bridgehead atoms. The number of benzene rings is 2. The van der Waals surface area contributed by atoms with E-state index in [4.69, 9.17) is 19.5 Å². The molecule has 0 radical (unpaired) electrons. The predicted molar refractivity (Wildman–Crippen MR) is 94.6 cm³/mol. The normalized spacial score (nSPS) is 10.3. The second-order valence-corrected chi connectivity index (χ2v) is 5.22. The van der Waals surface area contributed by atoms with Crippen LogP contribution in [0.3, 0.4) is 0 Å². The van der Waals surface area contributed by atoms with E-state index in [1.807, 2.05) is 6.07 Å². The summed E-state index contributed by atoms with van der Waals surface area (Å²) in [6, 6.07) is 11.9. The maximum Gasteiger partial charge on any atom is 0.343 e. The SMILES string of the molecule is COc1ccc(C(=O)Oc2ccc(/C=C/C(=O)OCCC#N)cc2F)cc1. The first kappa shape index (κ1) is 19.7. The van der Waals surface area contributed by atoms with Crippen molar-refractivity contribution in [2.75, 3.05) is 13.7 Å². The molecule has 7 heteroatoms. The summed E-state index contributed by atoms with van der Waals surface area (Å²) in [5.74, 6) is -1.75. The fraction of sp³-hybridized carbons (Fsp3) is 0.150. The molecule has 0 heterocycles. The summed E-state index contributed by atoms with van der Waals surface area (Å²) in [5, 5.41) is 8.36. The third kappa shape index (κ3) is 5.97. The van der Waals surface area contributed by atoms with E-state index in [0.717, 1.165) is 12.1 Å². The zero-order chi connectivity index (χ0) is 19.6. The van der Waals surface area contributed by atoms with Crippen molar-refractivity contribution in [3.05, 3.63) is 65.5 Å². The van der Waals surface area contributed by atoms with Gasteiger partial charge in [-0.2, -0.15) is 5.26 Å². The number of esters is 2. The molecule has 0 aliphatic heterocycles. The van der Waals surface area contributed by atoms with Crippen LogP contribution in [0.5, 0.6) is 11.5 Å². The van der Waals surface area contributed by atoms with Crippen molar-refractivity contribution in [1.82, 2.24) is 0 Å². The topological polar surface area (TPSA) is 85.6 Å². The average Bonchev–Trinajstić information content (AvgIpc) is 2.68. The second-order valence-electron chi connectivity index (χ2n) is 5.22. The summed E-state index contributed by atoms with van der Waals surface area (Å²) in [6.07, 6.45) is 2.57. The van der Waals surface area contributed by atoms with Gasteiger partial charge in [0.1, 0.15) is 12.4 Å². The molecule has 0 aromatic heterocycles. The van der Waals surface area contributed by atoms with E-state index in [-0.39, 0.29) is 24.3 Å². The molecule has 2 aromatic carbocycles. The number of carbonyl (C=O) groups is 2. The van der Waals surface area contributed by atoms with Crippen LogP contribution in [0, 0.1) is 17.1 Å². The molecule has 138 valence electrons. The highest BCUT2D eigenvalue weighted by Crippen LogP contribution is 2.21. The monoisotopic (exact) mass is 369 g/mol. The maximum atomic E-state index is 14.1. The fourth-order valence-corrected chi connectivity index (χ4v) is 2.00. The van der Waals surface area contributed by atoms with E-state index in [1.54, 1.807) is 12.1 Å². The first-order valence-electron chi connectivity index (χ1n) is 7.91. The molecule has 2 rings (SSSR count). The summed E-state index contributed by atoms with van der Waals surface area (Å²) in [5.41, 5.74) is 0.633. The fourth-order valence-electron chi connectivity index (χ4n) is 2.00. The first-order chi connectivity index (χ1) is 13.0. The molecule has 0 spiro atoms. The Bertz CT molecular complexity index is 884. The van der Waals surface area contributed by atoms with E-state index in [2.05, 4.69) is 0 Å². The Morgan fingerprint density at radius 1 is 1.19 bits per heavy atom. The third-order valence-corrected chi connectivity index (χ3v) is 3.35. The van der Waals surface area contributed by atoms with Crippen LogP contribution < -0.4 is 9.47 Å². The van der Waals surface area contributed by atoms with Crippen molar-refractivity contribution in [1.29, 1.82) is 5.26 Å². The zero-order valence-corrected chi connectivity index (χ0v) is 14.5. The van der Waals surface area contributed by atoms with Crippen molar-refractivity contribution < 1.29 is 28.2 Å². The lowest BCUT2D eigenvalue weighted by Crippen LogP contribution is -2.09. The quantitative estimate of drug-likeness (QED) is 0.321.